The van der Waals surface area contributed by atoms with Crippen molar-refractivity contribution in [2.24, 2.45) is 11.8 Å². The normalized spacial score (nSPS) is 11.3. The van der Waals surface area contributed by atoms with Crippen molar-refractivity contribution in [3.8, 4) is 10.4 Å². The molecule has 0 saturated carbocycles. The second kappa shape index (κ2) is 10.1. The summed E-state index contributed by atoms with van der Waals surface area (Å²) in [5.74, 6) is -0.562. The lowest BCUT2D eigenvalue weighted by molar-refractivity contribution is 0.0413. The zero-order valence-electron chi connectivity index (χ0n) is 18.9. The Morgan fingerprint density at radius 3 is 1.90 bits per heavy atom. The molecule has 2 aromatic carbocycles. The van der Waals surface area contributed by atoms with Gasteiger partial charge in [0.15, 0.2) is 0 Å². The van der Waals surface area contributed by atoms with Crippen LogP contribution in [0.3, 0.4) is 0 Å². The Morgan fingerprint density at radius 2 is 1.39 bits per heavy atom. The molecule has 0 unspecified atom stereocenters. The van der Waals surface area contributed by atoms with Crippen molar-refractivity contribution in [1.82, 2.24) is 0 Å². The molecule has 5 heteroatoms. The van der Waals surface area contributed by atoms with E-state index in [9.17, 15) is 9.59 Å². The molecule has 0 N–H and O–H groups in total. The van der Waals surface area contributed by atoms with E-state index in [4.69, 9.17) is 9.47 Å². The second-order valence-corrected chi connectivity index (χ2v) is 9.67. The highest BCUT2D eigenvalue weighted by molar-refractivity contribution is 7.22. The highest BCUT2D eigenvalue weighted by Gasteiger charge is 2.22. The average molecular weight is 439 g/mol. The lowest BCUT2D eigenvalue weighted by Crippen LogP contribution is -2.17. The molecule has 31 heavy (non-hydrogen) atoms. The van der Waals surface area contributed by atoms with Crippen LogP contribution in [0.25, 0.3) is 20.5 Å². The highest BCUT2D eigenvalue weighted by atomic mass is 32.1. The zero-order valence-corrected chi connectivity index (χ0v) is 19.7. The summed E-state index contributed by atoms with van der Waals surface area (Å²) in [4.78, 5) is 26.6. The van der Waals surface area contributed by atoms with E-state index in [1.165, 1.54) is 5.56 Å². The Labute approximate surface area is 188 Å². The summed E-state index contributed by atoms with van der Waals surface area (Å²) >= 11 is 1.60. The molecular formula is C26H30O4S. The predicted molar refractivity (Wildman–Crippen MR) is 127 cm³/mol. The molecule has 0 radical (unpaired) electrons. The maximum Gasteiger partial charge on any atom is 0.339 e. The van der Waals surface area contributed by atoms with Gasteiger partial charge in [0.2, 0.25) is 0 Å². The van der Waals surface area contributed by atoms with Gasteiger partial charge in [0.25, 0.3) is 0 Å². The minimum Gasteiger partial charge on any atom is -0.462 e. The second-order valence-electron chi connectivity index (χ2n) is 8.58. The first-order chi connectivity index (χ1) is 14.8. The van der Waals surface area contributed by atoms with Gasteiger partial charge in [-0.15, -0.1) is 11.3 Å². The van der Waals surface area contributed by atoms with Crippen LogP contribution in [0.15, 0.2) is 42.5 Å². The molecule has 0 aliphatic rings. The van der Waals surface area contributed by atoms with E-state index in [1.54, 1.807) is 23.5 Å². The van der Waals surface area contributed by atoms with Gasteiger partial charge in [0, 0.05) is 9.58 Å². The SMILES string of the molecule is CCc1ccc(-c2cc3cc(C(=O)OCC(C)C)c(C(=O)OCC(C)C)cc3s2)cc1. The first kappa shape index (κ1) is 23.0. The van der Waals surface area contributed by atoms with E-state index in [0.29, 0.717) is 13.2 Å². The van der Waals surface area contributed by atoms with Crippen molar-refractivity contribution in [3.63, 3.8) is 0 Å². The topological polar surface area (TPSA) is 52.6 Å². The van der Waals surface area contributed by atoms with E-state index in [1.807, 2.05) is 27.7 Å². The van der Waals surface area contributed by atoms with Gasteiger partial charge >= 0.3 is 11.9 Å². The minimum atomic E-state index is -0.493. The number of carbonyl (C=O) groups is 2. The number of carbonyl (C=O) groups excluding carboxylic acids is 2. The van der Waals surface area contributed by atoms with Gasteiger partial charge in [-0.2, -0.15) is 0 Å². The first-order valence-corrected chi connectivity index (χ1v) is 11.6. The van der Waals surface area contributed by atoms with Crippen molar-refractivity contribution in [3.05, 3.63) is 59.2 Å². The Hall–Kier alpha value is -2.66. The fourth-order valence-corrected chi connectivity index (χ4v) is 4.20. The molecule has 0 aliphatic carbocycles. The quantitative estimate of drug-likeness (QED) is 0.365. The lowest BCUT2D eigenvalue weighted by Gasteiger charge is -2.12. The molecule has 0 fully saturated rings. The molecule has 0 bridgehead atoms. The van der Waals surface area contributed by atoms with E-state index in [2.05, 4.69) is 37.3 Å². The number of rotatable bonds is 8. The fraction of sp³-hybridized carbons (Fsp3) is 0.385. The first-order valence-electron chi connectivity index (χ1n) is 10.8. The van der Waals surface area contributed by atoms with Crippen LogP contribution in [0.1, 0.15) is 60.9 Å². The molecule has 3 rings (SSSR count). The number of esters is 2. The van der Waals surface area contributed by atoms with E-state index in [-0.39, 0.29) is 23.0 Å². The van der Waals surface area contributed by atoms with Crippen molar-refractivity contribution in [2.75, 3.05) is 13.2 Å². The molecule has 4 nitrogen and oxygen atoms in total. The number of aryl methyl sites for hydroxylation is 1. The van der Waals surface area contributed by atoms with Gasteiger partial charge in [0.1, 0.15) is 0 Å². The largest absolute Gasteiger partial charge is 0.462 e. The van der Waals surface area contributed by atoms with Crippen molar-refractivity contribution in [2.45, 2.75) is 41.0 Å². The monoisotopic (exact) mass is 438 g/mol. The van der Waals surface area contributed by atoms with Crippen LogP contribution in [0.5, 0.6) is 0 Å². The molecule has 0 atom stereocenters. The van der Waals surface area contributed by atoms with Crippen molar-refractivity contribution in [1.29, 1.82) is 0 Å². The number of hydrogen-bond donors (Lipinski definition) is 0. The Bertz CT molecular complexity index is 1000. The standard InChI is InChI=1S/C26H30O4S/c1-6-18-7-9-19(10-8-18)23-12-20-11-21(25(27)29-14-16(2)3)22(13-24(20)31-23)26(28)30-15-17(4)5/h7-13,16-17H,6,14-15H2,1-5H3. The highest BCUT2D eigenvalue weighted by Crippen LogP contribution is 2.35. The van der Waals surface area contributed by atoms with Gasteiger partial charge < -0.3 is 9.47 Å². The van der Waals surface area contributed by atoms with Crippen LogP contribution in [-0.4, -0.2) is 25.2 Å². The van der Waals surface area contributed by atoms with Crippen LogP contribution in [0.2, 0.25) is 0 Å². The molecule has 0 amide bonds. The number of hydrogen-bond acceptors (Lipinski definition) is 5. The molecule has 1 aromatic heterocycles. The average Bonchev–Trinajstić information content (AvgIpc) is 3.18. The molecule has 1 heterocycles. The molecule has 0 spiro atoms. The third kappa shape index (κ3) is 5.73. The van der Waals surface area contributed by atoms with E-state index in [0.717, 1.165) is 26.9 Å². The van der Waals surface area contributed by atoms with Gasteiger partial charge in [-0.3, -0.25) is 0 Å². The van der Waals surface area contributed by atoms with Crippen LogP contribution in [0.4, 0.5) is 0 Å². The third-order valence-electron chi connectivity index (χ3n) is 4.84. The summed E-state index contributed by atoms with van der Waals surface area (Å²) < 4.78 is 11.8. The van der Waals surface area contributed by atoms with Gasteiger partial charge in [-0.25, -0.2) is 9.59 Å². The van der Waals surface area contributed by atoms with Gasteiger partial charge in [0.05, 0.1) is 24.3 Å². The van der Waals surface area contributed by atoms with Crippen LogP contribution in [-0.2, 0) is 15.9 Å². The number of ether oxygens (including phenoxy) is 2. The smallest absolute Gasteiger partial charge is 0.339 e. The van der Waals surface area contributed by atoms with Gasteiger partial charge in [-0.1, -0.05) is 58.9 Å². The van der Waals surface area contributed by atoms with E-state index < -0.39 is 11.9 Å². The zero-order chi connectivity index (χ0) is 22.5. The summed E-state index contributed by atoms with van der Waals surface area (Å²) in [5, 5.41) is 0.913. The third-order valence-corrected chi connectivity index (χ3v) is 5.99. The Balaban J connectivity index is 2.01. The summed E-state index contributed by atoms with van der Waals surface area (Å²) in [5.41, 5.74) is 2.92. The van der Waals surface area contributed by atoms with Crippen LogP contribution in [0, 0.1) is 11.8 Å². The summed E-state index contributed by atoms with van der Waals surface area (Å²) in [6, 6.07) is 14.1. The Morgan fingerprint density at radius 1 is 0.839 bits per heavy atom. The Kier molecular flexibility index (Phi) is 7.50. The summed E-state index contributed by atoms with van der Waals surface area (Å²) in [7, 11) is 0. The molecule has 3 aromatic rings. The maximum atomic E-state index is 12.8. The molecular weight excluding hydrogens is 408 g/mol. The number of benzene rings is 2. The molecule has 0 aliphatic heterocycles. The fourth-order valence-electron chi connectivity index (χ4n) is 3.11. The number of thiophene rings is 1. The molecule has 164 valence electrons. The van der Waals surface area contributed by atoms with Crippen molar-refractivity contribution >= 4 is 33.4 Å². The lowest BCUT2D eigenvalue weighted by atomic mass is 10.0. The van der Waals surface area contributed by atoms with Crippen LogP contribution < -0.4 is 0 Å². The minimum absolute atomic E-state index is 0.211. The van der Waals surface area contributed by atoms with Crippen molar-refractivity contribution < 1.29 is 19.1 Å². The maximum absolute atomic E-state index is 12.8. The number of fused-ring (bicyclic) bond motifs is 1. The van der Waals surface area contributed by atoms with E-state index >= 15 is 0 Å². The van der Waals surface area contributed by atoms with Crippen LogP contribution >= 0.6 is 11.3 Å². The summed E-state index contributed by atoms with van der Waals surface area (Å²) in [6.07, 6.45) is 0.996. The predicted octanol–water partition coefficient (Wildman–Crippen LogP) is 6.76. The summed E-state index contributed by atoms with van der Waals surface area (Å²) in [6.45, 7) is 10.6. The van der Waals surface area contributed by atoms with Gasteiger partial charge in [-0.05, 0) is 53.0 Å². The molecule has 0 saturated heterocycles.